The van der Waals surface area contributed by atoms with E-state index >= 15 is 0 Å². The fourth-order valence-corrected chi connectivity index (χ4v) is 4.08. The van der Waals surface area contributed by atoms with Gasteiger partial charge in [0, 0.05) is 21.2 Å². The Bertz CT molecular complexity index is 1390. The van der Waals surface area contributed by atoms with Crippen molar-refractivity contribution in [3.8, 4) is 6.07 Å². The highest BCUT2D eigenvalue weighted by atomic mass is 35.5. The highest BCUT2D eigenvalue weighted by Crippen LogP contribution is 2.33. The minimum absolute atomic E-state index is 0.0661. The number of hydrogen-bond acceptors (Lipinski definition) is 5. The number of allylic oxidation sites excluding steroid dienone is 1. The van der Waals surface area contributed by atoms with Crippen LogP contribution in [0.5, 0.6) is 0 Å². The Hall–Kier alpha value is -3.92. The van der Waals surface area contributed by atoms with Crippen LogP contribution in [0.2, 0.25) is 10.0 Å². The van der Waals surface area contributed by atoms with Crippen LogP contribution >= 0.6 is 23.2 Å². The molecular weight excluding hydrogens is 493 g/mol. The number of nitrogens with zero attached hydrogens (tertiary/aromatic N) is 5. The number of halogens is 2. The standard InChI is InChI=1S/C26H17Cl2N5O.C2H6/c27-21-9-5-19(6-10-21)23-14-30-33-16-24(34)32(15-18-3-1-17(13-29)2-4-18)31-26(33)25(23)20-7-11-22(28)12-8-20;1-2/h1-12,14H,15-16H2;1-2H3. The smallest absolute Gasteiger partial charge is 0.264 e. The minimum Gasteiger partial charge on any atom is -0.271 e. The summed E-state index contributed by atoms with van der Waals surface area (Å²) in [5.74, 6) is 0.402. The van der Waals surface area contributed by atoms with Gasteiger partial charge in [0.2, 0.25) is 0 Å². The molecule has 0 fully saturated rings. The monoisotopic (exact) mass is 515 g/mol. The van der Waals surface area contributed by atoms with Gasteiger partial charge < -0.3 is 0 Å². The number of fused-ring (bicyclic) bond motifs is 1. The molecule has 0 saturated carbocycles. The molecule has 0 atom stereocenters. The Kier molecular flexibility index (Phi) is 7.84. The lowest BCUT2D eigenvalue weighted by molar-refractivity contribution is -0.133. The summed E-state index contributed by atoms with van der Waals surface area (Å²) in [5, 5.41) is 22.6. The number of rotatable bonds is 4. The third-order valence-corrected chi connectivity index (χ3v) is 6.06. The third kappa shape index (κ3) is 5.33. The Morgan fingerprint density at radius 2 is 1.47 bits per heavy atom. The van der Waals surface area contributed by atoms with E-state index < -0.39 is 0 Å². The molecule has 0 N–H and O–H groups in total. The molecule has 5 rings (SSSR count). The molecule has 0 spiro atoms. The Labute approximate surface area is 220 Å². The lowest BCUT2D eigenvalue weighted by Crippen LogP contribution is -2.46. The average Bonchev–Trinajstić information content (AvgIpc) is 2.91. The van der Waals surface area contributed by atoms with E-state index in [9.17, 15) is 4.79 Å². The summed E-state index contributed by atoms with van der Waals surface area (Å²) in [6.45, 7) is 4.35. The second kappa shape index (κ2) is 11.2. The molecule has 6 nitrogen and oxygen atoms in total. The van der Waals surface area contributed by atoms with Crippen molar-refractivity contribution in [3.05, 3.63) is 105 Å². The molecule has 0 radical (unpaired) electrons. The van der Waals surface area contributed by atoms with Crippen molar-refractivity contribution in [2.75, 3.05) is 6.54 Å². The number of nitriles is 1. The summed E-state index contributed by atoms with van der Waals surface area (Å²) < 4.78 is 0. The van der Waals surface area contributed by atoms with Crippen molar-refractivity contribution >= 4 is 52.3 Å². The maximum Gasteiger partial charge on any atom is 0.264 e. The van der Waals surface area contributed by atoms with Crippen LogP contribution in [0.3, 0.4) is 0 Å². The average molecular weight is 516 g/mol. The zero-order valence-corrected chi connectivity index (χ0v) is 21.3. The zero-order chi connectivity index (χ0) is 25.7. The van der Waals surface area contributed by atoms with Gasteiger partial charge in [-0.15, -0.1) is 5.10 Å². The molecule has 0 aliphatic carbocycles. The van der Waals surface area contributed by atoms with Gasteiger partial charge in [-0.2, -0.15) is 10.4 Å². The van der Waals surface area contributed by atoms with Gasteiger partial charge in [-0.05, 0) is 53.1 Å². The van der Waals surface area contributed by atoms with Crippen molar-refractivity contribution in [2.24, 2.45) is 10.2 Å². The second-order valence-electron chi connectivity index (χ2n) is 7.79. The highest BCUT2D eigenvalue weighted by molar-refractivity contribution is 6.40. The lowest BCUT2D eigenvalue weighted by atomic mass is 9.93. The minimum atomic E-state index is -0.171. The molecule has 0 aromatic heterocycles. The summed E-state index contributed by atoms with van der Waals surface area (Å²) in [7, 11) is 0. The van der Waals surface area contributed by atoms with Gasteiger partial charge in [-0.1, -0.05) is 73.4 Å². The van der Waals surface area contributed by atoms with Crippen LogP contribution in [0.1, 0.15) is 36.1 Å². The molecule has 2 heterocycles. The number of hydrazone groups is 2. The van der Waals surface area contributed by atoms with Crippen LogP contribution in [0.15, 0.2) is 83.0 Å². The first kappa shape index (κ1) is 25.2. The van der Waals surface area contributed by atoms with E-state index in [0.29, 0.717) is 21.4 Å². The molecule has 2 aliphatic heterocycles. The Morgan fingerprint density at radius 3 is 2.06 bits per heavy atom. The normalized spacial score (nSPS) is 14.5. The largest absolute Gasteiger partial charge is 0.271 e. The fourth-order valence-electron chi connectivity index (χ4n) is 3.82. The van der Waals surface area contributed by atoms with E-state index in [4.69, 9.17) is 33.6 Å². The Morgan fingerprint density at radius 1 is 0.889 bits per heavy atom. The molecule has 3 aromatic carbocycles. The van der Waals surface area contributed by atoms with Crippen molar-refractivity contribution in [1.82, 2.24) is 10.0 Å². The van der Waals surface area contributed by atoms with Gasteiger partial charge in [0.15, 0.2) is 5.84 Å². The molecule has 1 amide bonds. The number of carbonyl (C=O) groups is 1. The second-order valence-corrected chi connectivity index (χ2v) is 8.66. The first-order valence-corrected chi connectivity index (χ1v) is 12.2. The quantitative estimate of drug-likeness (QED) is 0.400. The van der Waals surface area contributed by atoms with Gasteiger partial charge >= 0.3 is 0 Å². The Balaban J connectivity index is 0.00000148. The molecule has 8 heteroatoms. The zero-order valence-electron chi connectivity index (χ0n) is 19.8. The maximum atomic E-state index is 12.9. The van der Waals surface area contributed by atoms with Crippen LogP contribution in [0.25, 0.3) is 11.1 Å². The fraction of sp³-hybridized carbons (Fsp3) is 0.143. The predicted molar refractivity (Wildman–Crippen MR) is 145 cm³/mol. The van der Waals surface area contributed by atoms with Crippen molar-refractivity contribution in [2.45, 2.75) is 20.4 Å². The molecule has 0 bridgehead atoms. The maximum absolute atomic E-state index is 12.9. The van der Waals surface area contributed by atoms with E-state index in [0.717, 1.165) is 27.8 Å². The molecule has 180 valence electrons. The topological polar surface area (TPSA) is 72.1 Å². The first-order chi connectivity index (χ1) is 17.5. The van der Waals surface area contributed by atoms with Crippen molar-refractivity contribution in [3.63, 3.8) is 0 Å². The molecular formula is C28H23Cl2N5O. The van der Waals surface area contributed by atoms with E-state index in [-0.39, 0.29) is 19.0 Å². The number of hydrogen-bond donors (Lipinski definition) is 0. The predicted octanol–water partition coefficient (Wildman–Crippen LogP) is 6.46. The molecule has 36 heavy (non-hydrogen) atoms. The first-order valence-electron chi connectivity index (χ1n) is 11.5. The highest BCUT2D eigenvalue weighted by Gasteiger charge is 2.33. The number of carbonyl (C=O) groups excluding carboxylic acids is 1. The van der Waals surface area contributed by atoms with E-state index in [1.54, 1.807) is 23.4 Å². The molecule has 0 unspecified atom stereocenters. The van der Waals surface area contributed by atoms with Crippen LogP contribution in [-0.2, 0) is 11.3 Å². The van der Waals surface area contributed by atoms with Crippen LogP contribution in [0, 0.1) is 11.3 Å². The number of amides is 1. The molecule has 0 saturated heterocycles. The summed E-state index contributed by atoms with van der Waals surface area (Å²) >= 11 is 12.2. The van der Waals surface area contributed by atoms with Crippen molar-refractivity contribution < 1.29 is 4.79 Å². The van der Waals surface area contributed by atoms with Crippen LogP contribution in [0.4, 0.5) is 0 Å². The van der Waals surface area contributed by atoms with Gasteiger partial charge in [0.1, 0.15) is 6.54 Å². The molecule has 2 aliphatic rings. The van der Waals surface area contributed by atoms with Gasteiger partial charge in [0.05, 0.1) is 24.4 Å². The molecule has 3 aromatic rings. The van der Waals surface area contributed by atoms with E-state index in [2.05, 4.69) is 11.2 Å². The summed E-state index contributed by atoms with van der Waals surface area (Å²) in [6, 6.07) is 24.2. The van der Waals surface area contributed by atoms with E-state index in [1.807, 2.05) is 74.5 Å². The lowest BCUT2D eigenvalue weighted by Gasteiger charge is -2.34. The number of amidine groups is 1. The summed E-state index contributed by atoms with van der Waals surface area (Å²) in [4.78, 5) is 12.9. The summed E-state index contributed by atoms with van der Waals surface area (Å²) in [6.07, 6.45) is 1.75. The third-order valence-electron chi connectivity index (χ3n) is 5.56. The van der Waals surface area contributed by atoms with Gasteiger partial charge in [-0.3, -0.25) is 4.79 Å². The van der Waals surface area contributed by atoms with Gasteiger partial charge in [-0.25, -0.2) is 10.0 Å². The van der Waals surface area contributed by atoms with Crippen LogP contribution in [-0.4, -0.2) is 34.5 Å². The SMILES string of the molecule is CC.N#Cc1ccc(CN2N=C3C(c4ccc(Cl)cc4)=C(c4ccc(Cl)cc4)C=NN3CC2=O)cc1. The van der Waals surface area contributed by atoms with Gasteiger partial charge in [0.25, 0.3) is 5.91 Å². The number of benzene rings is 3. The van der Waals surface area contributed by atoms with E-state index in [1.165, 1.54) is 5.01 Å². The van der Waals surface area contributed by atoms with Crippen molar-refractivity contribution in [1.29, 1.82) is 5.26 Å². The van der Waals surface area contributed by atoms with Crippen LogP contribution < -0.4 is 0 Å². The summed E-state index contributed by atoms with van der Waals surface area (Å²) in [5.41, 5.74) is 4.97.